The zero-order chi connectivity index (χ0) is 20.9. The van der Waals surface area contributed by atoms with Gasteiger partial charge in [0.25, 0.3) is 5.91 Å². The monoisotopic (exact) mass is 526 g/mol. The molecule has 0 radical (unpaired) electrons. The highest BCUT2D eigenvalue weighted by molar-refractivity contribution is 14.1. The summed E-state index contributed by atoms with van der Waals surface area (Å²) in [5.74, 6) is -2.32. The van der Waals surface area contributed by atoms with Gasteiger partial charge in [-0.2, -0.15) is 5.10 Å². The number of hydrogen-bond acceptors (Lipinski definition) is 3. The number of carbonyl (C=O) groups is 1. The van der Waals surface area contributed by atoms with Crippen LogP contribution in [0.5, 0.6) is 0 Å². The average molecular weight is 526 g/mol. The van der Waals surface area contributed by atoms with E-state index in [9.17, 15) is 13.6 Å². The van der Waals surface area contributed by atoms with Crippen LogP contribution in [0, 0.1) is 14.9 Å². The van der Waals surface area contributed by atoms with Crippen LogP contribution >= 0.6 is 22.6 Å². The number of amides is 1. The van der Waals surface area contributed by atoms with Crippen LogP contribution in [-0.2, 0) is 6.54 Å². The fourth-order valence-electron chi connectivity index (χ4n) is 4.75. The maximum Gasteiger partial charge on any atom is 0.258 e. The van der Waals surface area contributed by atoms with E-state index in [0.29, 0.717) is 23.3 Å². The average Bonchev–Trinajstić information content (AvgIpc) is 3.28. The number of nitrogens with zero attached hydrogens (tertiary/aromatic N) is 3. The molecular weight excluding hydrogens is 501 g/mol. The molecule has 8 heteroatoms. The molecule has 1 saturated heterocycles. The second kappa shape index (κ2) is 7.46. The summed E-state index contributed by atoms with van der Waals surface area (Å²) in [6.07, 6.45) is 6.66. The van der Waals surface area contributed by atoms with Crippen molar-refractivity contribution in [3.8, 4) is 0 Å². The quantitative estimate of drug-likeness (QED) is 0.548. The van der Waals surface area contributed by atoms with E-state index in [2.05, 4.69) is 44.0 Å². The summed E-state index contributed by atoms with van der Waals surface area (Å²) < 4.78 is 28.8. The van der Waals surface area contributed by atoms with Crippen LogP contribution < -0.4 is 10.2 Å². The van der Waals surface area contributed by atoms with Gasteiger partial charge in [-0.1, -0.05) is 0 Å². The first-order chi connectivity index (χ1) is 14.3. The van der Waals surface area contributed by atoms with Crippen LogP contribution in [0.3, 0.4) is 0 Å². The third-order valence-electron chi connectivity index (χ3n) is 6.83. The largest absolute Gasteiger partial charge is 0.371 e. The molecule has 1 amide bonds. The van der Waals surface area contributed by atoms with Crippen molar-refractivity contribution in [2.24, 2.45) is 11.3 Å². The van der Waals surface area contributed by atoms with Crippen molar-refractivity contribution in [2.45, 2.75) is 51.0 Å². The van der Waals surface area contributed by atoms with E-state index in [1.807, 2.05) is 12.1 Å². The normalized spacial score (nSPS) is 22.0. The summed E-state index contributed by atoms with van der Waals surface area (Å²) in [4.78, 5) is 15.4. The van der Waals surface area contributed by atoms with E-state index in [4.69, 9.17) is 0 Å². The number of anilines is 2. The Kier molecular flexibility index (Phi) is 5.02. The molecule has 1 N–H and O–H groups in total. The maximum atomic E-state index is 13.0. The molecule has 1 aliphatic heterocycles. The van der Waals surface area contributed by atoms with Gasteiger partial charge in [0.05, 0.1) is 11.3 Å². The number of alkyl halides is 2. The lowest BCUT2D eigenvalue weighted by atomic mass is 9.81. The van der Waals surface area contributed by atoms with Gasteiger partial charge in [-0.25, -0.2) is 8.78 Å². The SMILES string of the molecule is O=C(Nc1ccn(CC2CC(F)(F)C2)n1)c1ccc(I)cc1N1CCC2(CC1)CC2. The Morgan fingerprint density at radius 3 is 2.57 bits per heavy atom. The number of carbonyl (C=O) groups excluding carboxylic acids is 1. The molecule has 30 heavy (non-hydrogen) atoms. The molecule has 5 nitrogen and oxygen atoms in total. The summed E-state index contributed by atoms with van der Waals surface area (Å²) in [5, 5.41) is 7.24. The molecule has 0 atom stereocenters. The highest BCUT2D eigenvalue weighted by Gasteiger charge is 2.45. The van der Waals surface area contributed by atoms with Gasteiger partial charge in [-0.15, -0.1) is 0 Å². The molecule has 2 heterocycles. The molecule has 3 fully saturated rings. The van der Waals surface area contributed by atoms with Crippen molar-refractivity contribution in [1.82, 2.24) is 9.78 Å². The number of aromatic nitrogens is 2. The third kappa shape index (κ3) is 4.20. The summed E-state index contributed by atoms with van der Waals surface area (Å²) >= 11 is 2.28. The lowest BCUT2D eigenvalue weighted by Gasteiger charge is -2.35. The molecular formula is C22H25F2IN4O. The van der Waals surface area contributed by atoms with E-state index in [-0.39, 0.29) is 24.7 Å². The van der Waals surface area contributed by atoms with Crippen molar-refractivity contribution in [3.63, 3.8) is 0 Å². The van der Waals surface area contributed by atoms with Crippen molar-refractivity contribution < 1.29 is 13.6 Å². The van der Waals surface area contributed by atoms with E-state index in [1.165, 1.54) is 25.7 Å². The van der Waals surface area contributed by atoms with E-state index < -0.39 is 5.92 Å². The molecule has 3 aliphatic rings. The molecule has 1 aromatic carbocycles. The van der Waals surface area contributed by atoms with Crippen molar-refractivity contribution in [1.29, 1.82) is 0 Å². The minimum absolute atomic E-state index is 0.0554. The minimum Gasteiger partial charge on any atom is -0.371 e. The number of benzene rings is 1. The molecule has 1 aromatic heterocycles. The standard InChI is InChI=1S/C22H25F2IN4O/c23-22(24)12-15(13-22)14-29-8-3-19(27-29)26-20(30)17-2-1-16(25)11-18(17)28-9-6-21(4-5-21)7-10-28/h1-3,8,11,15H,4-7,9-10,12-14H2,(H,26,27,30). The fourth-order valence-corrected chi connectivity index (χ4v) is 5.22. The summed E-state index contributed by atoms with van der Waals surface area (Å²) in [7, 11) is 0. The van der Waals surface area contributed by atoms with Gasteiger partial charge in [-0.3, -0.25) is 9.48 Å². The predicted octanol–water partition coefficient (Wildman–Crippen LogP) is 5.17. The zero-order valence-electron chi connectivity index (χ0n) is 16.7. The third-order valence-corrected chi connectivity index (χ3v) is 7.50. The molecule has 2 aromatic rings. The van der Waals surface area contributed by atoms with Crippen LogP contribution in [0.25, 0.3) is 0 Å². The minimum atomic E-state index is -2.52. The number of piperidine rings is 1. The van der Waals surface area contributed by atoms with Gasteiger partial charge in [0.15, 0.2) is 5.82 Å². The second-order valence-electron chi connectivity index (χ2n) is 9.16. The summed E-state index contributed by atoms with van der Waals surface area (Å²) in [6, 6.07) is 7.62. The Labute approximate surface area is 188 Å². The van der Waals surface area contributed by atoms with Gasteiger partial charge in [-0.05, 0) is 77.8 Å². The van der Waals surface area contributed by atoms with Gasteiger partial charge in [0.1, 0.15) is 0 Å². The number of rotatable bonds is 5. The van der Waals surface area contributed by atoms with Crippen LogP contribution in [0.4, 0.5) is 20.3 Å². The highest BCUT2D eigenvalue weighted by atomic mass is 127. The van der Waals surface area contributed by atoms with Gasteiger partial charge in [0, 0.05) is 48.3 Å². The summed E-state index contributed by atoms with van der Waals surface area (Å²) in [5.41, 5.74) is 2.21. The smallest absolute Gasteiger partial charge is 0.258 e. The Hall–Kier alpha value is -1.71. The van der Waals surface area contributed by atoms with E-state index >= 15 is 0 Å². The number of nitrogens with one attached hydrogen (secondary N) is 1. The molecule has 1 spiro atoms. The molecule has 2 saturated carbocycles. The Bertz CT molecular complexity index is 954. The number of halogens is 3. The maximum absolute atomic E-state index is 13.0. The lowest BCUT2D eigenvalue weighted by molar-refractivity contribution is -0.114. The van der Waals surface area contributed by atoms with Gasteiger partial charge >= 0.3 is 0 Å². The van der Waals surface area contributed by atoms with Crippen LogP contribution in [0.2, 0.25) is 0 Å². The Balaban J connectivity index is 1.26. The van der Waals surface area contributed by atoms with Crippen molar-refractivity contribution in [3.05, 3.63) is 39.6 Å². The van der Waals surface area contributed by atoms with Crippen LogP contribution in [-0.4, -0.2) is 34.7 Å². The Morgan fingerprint density at radius 1 is 1.17 bits per heavy atom. The Morgan fingerprint density at radius 2 is 1.90 bits per heavy atom. The fraction of sp³-hybridized carbons (Fsp3) is 0.545. The second-order valence-corrected chi connectivity index (χ2v) is 10.4. The van der Waals surface area contributed by atoms with Gasteiger partial charge in [0.2, 0.25) is 5.92 Å². The molecule has 5 rings (SSSR count). The highest BCUT2D eigenvalue weighted by Crippen LogP contribution is 2.54. The van der Waals surface area contributed by atoms with Crippen LogP contribution in [0.15, 0.2) is 30.5 Å². The van der Waals surface area contributed by atoms with E-state index in [0.717, 1.165) is 22.3 Å². The van der Waals surface area contributed by atoms with Gasteiger partial charge < -0.3 is 10.2 Å². The topological polar surface area (TPSA) is 50.2 Å². The van der Waals surface area contributed by atoms with Crippen molar-refractivity contribution in [2.75, 3.05) is 23.3 Å². The zero-order valence-corrected chi connectivity index (χ0v) is 18.9. The van der Waals surface area contributed by atoms with Crippen LogP contribution in [0.1, 0.15) is 48.9 Å². The molecule has 160 valence electrons. The number of hydrogen-bond donors (Lipinski definition) is 1. The van der Waals surface area contributed by atoms with E-state index in [1.54, 1.807) is 16.9 Å². The first kappa shape index (κ1) is 20.2. The lowest BCUT2D eigenvalue weighted by Crippen LogP contribution is -2.37. The van der Waals surface area contributed by atoms with Crippen molar-refractivity contribution >= 4 is 40.0 Å². The molecule has 2 aliphatic carbocycles. The first-order valence-corrected chi connectivity index (χ1v) is 11.7. The molecule has 0 unspecified atom stereocenters. The summed E-state index contributed by atoms with van der Waals surface area (Å²) in [6.45, 7) is 2.43. The molecule has 0 bridgehead atoms. The first-order valence-electron chi connectivity index (χ1n) is 10.6. The predicted molar refractivity (Wildman–Crippen MR) is 120 cm³/mol.